The third-order valence-corrected chi connectivity index (χ3v) is 4.27. The average Bonchev–Trinajstić information content (AvgIpc) is 3.21. The summed E-state index contributed by atoms with van der Waals surface area (Å²) in [5.41, 5.74) is 1.08. The molecule has 0 spiro atoms. The maximum Gasteiger partial charge on any atom is 0.422 e. The Balaban J connectivity index is 1.73. The highest BCUT2D eigenvalue weighted by Crippen LogP contribution is 2.32. The van der Waals surface area contributed by atoms with Crippen LogP contribution in [0.1, 0.15) is 31.2 Å². The summed E-state index contributed by atoms with van der Waals surface area (Å²) in [6.07, 6.45) is -5.43. The van der Waals surface area contributed by atoms with Crippen molar-refractivity contribution < 1.29 is 32.0 Å². The molecule has 0 saturated heterocycles. The lowest BCUT2D eigenvalue weighted by molar-refractivity contribution is -0.154. The molecule has 3 aromatic rings. The number of rotatable bonds is 7. The fourth-order valence-corrected chi connectivity index (χ4v) is 2.61. The van der Waals surface area contributed by atoms with Crippen LogP contribution in [0.25, 0.3) is 11.1 Å². The summed E-state index contributed by atoms with van der Waals surface area (Å²) in [5, 5.41) is 14.0. The number of halogens is 4. The van der Waals surface area contributed by atoms with Crippen LogP contribution in [0.5, 0.6) is 11.8 Å². The highest BCUT2D eigenvalue weighted by atomic mass is 35.5. The number of carbonyl (C=O) groups is 1. The van der Waals surface area contributed by atoms with Crippen LogP contribution in [0.4, 0.5) is 18.0 Å². The minimum atomic E-state index is -4.56. The highest BCUT2D eigenvalue weighted by molar-refractivity contribution is 6.30. The van der Waals surface area contributed by atoms with Gasteiger partial charge >= 0.3 is 12.3 Å². The van der Waals surface area contributed by atoms with Crippen LogP contribution in [0.3, 0.4) is 0 Å². The van der Waals surface area contributed by atoms with Crippen molar-refractivity contribution in [3.8, 4) is 22.9 Å². The van der Waals surface area contributed by atoms with E-state index in [1.165, 1.54) is 6.07 Å². The van der Waals surface area contributed by atoms with Gasteiger partial charge in [0.25, 0.3) is 0 Å². The number of nitrogens with zero attached hydrogens (tertiary/aromatic N) is 3. The van der Waals surface area contributed by atoms with E-state index in [9.17, 15) is 18.0 Å². The van der Waals surface area contributed by atoms with E-state index in [-0.39, 0.29) is 29.8 Å². The average molecular weight is 471 g/mol. The summed E-state index contributed by atoms with van der Waals surface area (Å²) in [6, 6.07) is 9.15. The van der Waals surface area contributed by atoms with Crippen molar-refractivity contribution >= 4 is 17.7 Å². The van der Waals surface area contributed by atoms with Gasteiger partial charge < -0.3 is 19.3 Å². The van der Waals surface area contributed by atoms with Crippen LogP contribution in [-0.2, 0) is 6.54 Å². The Morgan fingerprint density at radius 3 is 2.53 bits per heavy atom. The molecule has 3 rings (SSSR count). The molecule has 1 amide bonds. The molecule has 0 bridgehead atoms. The van der Waals surface area contributed by atoms with Gasteiger partial charge in [0.1, 0.15) is 11.5 Å². The number of benzene rings is 1. The number of hydrogen-bond donors (Lipinski definition) is 1. The van der Waals surface area contributed by atoms with Gasteiger partial charge in [-0.2, -0.15) is 13.2 Å². The van der Waals surface area contributed by atoms with E-state index >= 15 is 0 Å². The van der Waals surface area contributed by atoms with Crippen LogP contribution in [0.2, 0.25) is 5.02 Å². The predicted octanol–water partition coefficient (Wildman–Crippen LogP) is 5.14. The molecule has 170 valence electrons. The minimum absolute atomic E-state index is 0.0410. The molecule has 0 atom stereocenters. The lowest BCUT2D eigenvalue weighted by Gasteiger charge is -2.13. The summed E-state index contributed by atoms with van der Waals surface area (Å²) >= 11 is 5.87. The number of carbonyl (C=O) groups excluding carboxylic acids is 1. The molecule has 0 fully saturated rings. The molecule has 0 aliphatic carbocycles. The van der Waals surface area contributed by atoms with Crippen molar-refractivity contribution in [3.63, 3.8) is 0 Å². The first-order valence-corrected chi connectivity index (χ1v) is 9.73. The second-order valence-corrected chi connectivity index (χ2v) is 7.37. The molecule has 8 nitrogen and oxygen atoms in total. The third-order valence-electron chi connectivity index (χ3n) is 4.02. The normalized spacial score (nSPS) is 11.5. The Kier molecular flexibility index (Phi) is 7.18. The summed E-state index contributed by atoms with van der Waals surface area (Å²) in [5.74, 6) is 0.196. The fraction of sp³-hybridized carbons (Fsp3) is 0.300. The molecule has 2 heterocycles. The van der Waals surface area contributed by atoms with E-state index in [4.69, 9.17) is 25.6 Å². The van der Waals surface area contributed by atoms with E-state index in [2.05, 4.69) is 20.7 Å². The Hall–Kier alpha value is -3.34. The van der Waals surface area contributed by atoms with Gasteiger partial charge in [0, 0.05) is 23.1 Å². The molecule has 0 radical (unpaired) electrons. The standard InChI is InChI=1S/C20H18ClF3N4O4/c1-11(2)16-7-14(28-32-16)9-25-19(29)31-17-8-15(12-3-5-13(21)6-4-12)18(27-26-17)30-10-20(22,23)24/h3-8,11H,9-10H2,1-2H3,(H,25,29). The summed E-state index contributed by atoms with van der Waals surface area (Å²) < 4.78 is 52.7. The van der Waals surface area contributed by atoms with Crippen LogP contribution >= 0.6 is 11.6 Å². The molecule has 0 saturated carbocycles. The molecule has 2 aromatic heterocycles. The monoisotopic (exact) mass is 470 g/mol. The Bertz CT molecular complexity index is 1070. The molecular weight excluding hydrogens is 453 g/mol. The van der Waals surface area contributed by atoms with Crippen molar-refractivity contribution in [2.75, 3.05) is 6.61 Å². The maximum atomic E-state index is 12.6. The SMILES string of the molecule is CC(C)c1cc(CNC(=O)Oc2cc(-c3ccc(Cl)cc3)c(OCC(F)(F)F)nn2)no1. The number of aromatic nitrogens is 3. The fourth-order valence-electron chi connectivity index (χ4n) is 2.48. The number of amides is 1. The summed E-state index contributed by atoms with van der Waals surface area (Å²) in [7, 11) is 0. The first-order valence-electron chi connectivity index (χ1n) is 9.35. The molecule has 1 N–H and O–H groups in total. The quantitative estimate of drug-likeness (QED) is 0.510. The van der Waals surface area contributed by atoms with Crippen LogP contribution in [0.15, 0.2) is 40.9 Å². The third kappa shape index (κ3) is 6.58. The van der Waals surface area contributed by atoms with Gasteiger partial charge in [0.2, 0.25) is 11.8 Å². The molecule has 12 heteroatoms. The van der Waals surface area contributed by atoms with Gasteiger partial charge in [0.15, 0.2) is 6.61 Å². The molecular formula is C20H18ClF3N4O4. The number of alkyl halides is 3. The minimum Gasteiger partial charge on any atom is -0.466 e. The van der Waals surface area contributed by atoms with Crippen LogP contribution in [0, 0.1) is 0 Å². The van der Waals surface area contributed by atoms with Gasteiger partial charge in [-0.15, -0.1) is 10.2 Å². The summed E-state index contributed by atoms with van der Waals surface area (Å²) in [4.78, 5) is 12.1. The zero-order valence-electron chi connectivity index (χ0n) is 16.9. The van der Waals surface area contributed by atoms with Crippen molar-refractivity contribution in [2.24, 2.45) is 0 Å². The molecule has 32 heavy (non-hydrogen) atoms. The lowest BCUT2D eigenvalue weighted by atomic mass is 10.1. The Labute approximate surface area is 185 Å². The number of nitrogens with one attached hydrogen (secondary N) is 1. The molecule has 0 aliphatic rings. The van der Waals surface area contributed by atoms with Gasteiger partial charge in [0.05, 0.1) is 12.1 Å². The van der Waals surface area contributed by atoms with E-state index in [0.717, 1.165) is 0 Å². The van der Waals surface area contributed by atoms with E-state index < -0.39 is 18.9 Å². The van der Waals surface area contributed by atoms with Crippen molar-refractivity contribution in [3.05, 3.63) is 52.9 Å². The topological polar surface area (TPSA) is 99.4 Å². The van der Waals surface area contributed by atoms with Crippen LogP contribution in [-0.4, -0.2) is 34.2 Å². The zero-order chi connectivity index (χ0) is 23.3. The highest BCUT2D eigenvalue weighted by Gasteiger charge is 2.29. The van der Waals surface area contributed by atoms with Crippen molar-refractivity contribution in [1.29, 1.82) is 0 Å². The zero-order valence-corrected chi connectivity index (χ0v) is 17.7. The predicted molar refractivity (Wildman–Crippen MR) is 107 cm³/mol. The second kappa shape index (κ2) is 9.86. The largest absolute Gasteiger partial charge is 0.466 e. The van der Waals surface area contributed by atoms with Gasteiger partial charge in [-0.3, -0.25) is 0 Å². The van der Waals surface area contributed by atoms with Gasteiger partial charge in [-0.25, -0.2) is 4.79 Å². The molecule has 0 aliphatic heterocycles. The molecule has 0 unspecified atom stereocenters. The van der Waals surface area contributed by atoms with E-state index in [1.54, 1.807) is 30.3 Å². The van der Waals surface area contributed by atoms with Gasteiger partial charge in [-0.1, -0.05) is 42.7 Å². The first-order chi connectivity index (χ1) is 15.1. The van der Waals surface area contributed by atoms with Crippen molar-refractivity contribution in [1.82, 2.24) is 20.7 Å². The Morgan fingerprint density at radius 1 is 1.19 bits per heavy atom. The van der Waals surface area contributed by atoms with Gasteiger partial charge in [-0.05, 0) is 17.7 Å². The summed E-state index contributed by atoms with van der Waals surface area (Å²) in [6.45, 7) is 2.36. The van der Waals surface area contributed by atoms with Crippen molar-refractivity contribution in [2.45, 2.75) is 32.5 Å². The first kappa shape index (κ1) is 23.3. The maximum absolute atomic E-state index is 12.6. The Morgan fingerprint density at radius 2 is 1.91 bits per heavy atom. The van der Waals surface area contributed by atoms with Crippen LogP contribution < -0.4 is 14.8 Å². The lowest BCUT2D eigenvalue weighted by Crippen LogP contribution is -2.27. The van der Waals surface area contributed by atoms with E-state index in [0.29, 0.717) is 22.0 Å². The second-order valence-electron chi connectivity index (χ2n) is 6.93. The number of hydrogen-bond acceptors (Lipinski definition) is 7. The number of ether oxygens (including phenoxy) is 2. The molecule has 1 aromatic carbocycles. The van der Waals surface area contributed by atoms with E-state index in [1.807, 2.05) is 13.8 Å². The smallest absolute Gasteiger partial charge is 0.422 e.